The van der Waals surface area contributed by atoms with E-state index >= 15 is 0 Å². The molecule has 0 aromatic carbocycles. The molecule has 2 aliphatic rings. The fourth-order valence-electron chi connectivity index (χ4n) is 3.74. The molecule has 2 aliphatic heterocycles. The molecule has 4 heteroatoms. The lowest BCUT2D eigenvalue weighted by Crippen LogP contribution is -2.46. The van der Waals surface area contributed by atoms with Gasteiger partial charge in [0.25, 0.3) is 0 Å². The van der Waals surface area contributed by atoms with E-state index in [4.69, 9.17) is 5.73 Å². The molecule has 0 aliphatic carbocycles. The Morgan fingerprint density at radius 1 is 1.25 bits per heavy atom. The molecule has 0 aromatic rings. The summed E-state index contributed by atoms with van der Waals surface area (Å²) in [5, 5.41) is 0. The molecule has 1 amide bonds. The average molecular weight is 281 g/mol. The molecule has 0 radical (unpaired) electrons. The molecule has 2 N–H and O–H groups in total. The van der Waals surface area contributed by atoms with Gasteiger partial charge in [-0.1, -0.05) is 20.8 Å². The van der Waals surface area contributed by atoms with Crippen molar-refractivity contribution in [2.24, 2.45) is 17.6 Å². The van der Waals surface area contributed by atoms with Crippen molar-refractivity contribution < 1.29 is 4.79 Å². The van der Waals surface area contributed by atoms with Crippen LogP contribution in [0.1, 0.15) is 46.5 Å². The Labute approximate surface area is 123 Å². The minimum absolute atomic E-state index is 0.328. The molecule has 2 fully saturated rings. The molecule has 4 nitrogen and oxygen atoms in total. The molecule has 0 bridgehead atoms. The molecule has 0 unspecified atom stereocenters. The first-order valence-electron chi connectivity index (χ1n) is 8.30. The van der Waals surface area contributed by atoms with E-state index in [1.165, 1.54) is 0 Å². The van der Waals surface area contributed by atoms with Gasteiger partial charge in [0.15, 0.2) is 0 Å². The molecule has 0 spiro atoms. The Balaban J connectivity index is 1.81. The number of nitrogens with two attached hydrogens (primary N) is 1. The number of amides is 1. The third-order valence-electron chi connectivity index (χ3n) is 5.09. The number of piperidine rings is 1. The first-order chi connectivity index (χ1) is 9.52. The molecular formula is C16H31N3O. The predicted molar refractivity (Wildman–Crippen MR) is 82.4 cm³/mol. The summed E-state index contributed by atoms with van der Waals surface area (Å²) in [5.41, 5.74) is 6.29. The third-order valence-corrected chi connectivity index (χ3v) is 5.09. The maximum atomic E-state index is 11.9. The quantitative estimate of drug-likeness (QED) is 0.853. The van der Waals surface area contributed by atoms with Crippen molar-refractivity contribution >= 4 is 5.91 Å². The van der Waals surface area contributed by atoms with Crippen LogP contribution in [0, 0.1) is 11.8 Å². The van der Waals surface area contributed by atoms with E-state index in [0.717, 1.165) is 45.4 Å². The van der Waals surface area contributed by atoms with Gasteiger partial charge in [-0.05, 0) is 31.1 Å². The van der Waals surface area contributed by atoms with Gasteiger partial charge in [-0.25, -0.2) is 0 Å². The van der Waals surface area contributed by atoms with Crippen LogP contribution in [-0.2, 0) is 4.79 Å². The van der Waals surface area contributed by atoms with E-state index in [0.29, 0.717) is 36.2 Å². The van der Waals surface area contributed by atoms with Gasteiger partial charge in [-0.3, -0.25) is 9.69 Å². The number of hydrogen-bond acceptors (Lipinski definition) is 3. The average Bonchev–Trinajstić information content (AvgIpc) is 2.81. The van der Waals surface area contributed by atoms with Crippen molar-refractivity contribution in [1.82, 2.24) is 9.80 Å². The summed E-state index contributed by atoms with van der Waals surface area (Å²) in [6, 6.07) is 0.963. The topological polar surface area (TPSA) is 49.6 Å². The fourth-order valence-corrected chi connectivity index (χ4v) is 3.74. The Morgan fingerprint density at radius 2 is 1.90 bits per heavy atom. The zero-order valence-electron chi connectivity index (χ0n) is 13.3. The normalized spacial score (nSPS) is 29.4. The second-order valence-corrected chi connectivity index (χ2v) is 6.89. The van der Waals surface area contributed by atoms with E-state index in [-0.39, 0.29) is 0 Å². The second-order valence-electron chi connectivity index (χ2n) is 6.89. The summed E-state index contributed by atoms with van der Waals surface area (Å²) in [6.07, 6.45) is 3.89. The number of rotatable bonds is 4. The summed E-state index contributed by atoms with van der Waals surface area (Å²) in [6.45, 7) is 10.7. The standard InChI is InChI=1S/C16H31N3O/c1-4-5-16(20)18-8-6-13(7-9-18)19-10-14(12(2)3)15(17)11-19/h12-15H,4-11,17H2,1-3H3/t14-,15+/m1/s1. The van der Waals surface area contributed by atoms with Crippen LogP contribution in [0.5, 0.6) is 0 Å². The summed E-state index contributed by atoms with van der Waals surface area (Å²) < 4.78 is 0. The molecule has 2 rings (SSSR count). The van der Waals surface area contributed by atoms with Crippen LogP contribution in [0.2, 0.25) is 0 Å². The van der Waals surface area contributed by atoms with Gasteiger partial charge in [0.2, 0.25) is 5.91 Å². The van der Waals surface area contributed by atoms with Gasteiger partial charge in [0, 0.05) is 44.7 Å². The predicted octanol–water partition coefficient (Wildman–Crippen LogP) is 1.69. The number of carbonyl (C=O) groups is 1. The van der Waals surface area contributed by atoms with Crippen LogP contribution in [0.4, 0.5) is 0 Å². The highest BCUT2D eigenvalue weighted by molar-refractivity contribution is 5.76. The van der Waals surface area contributed by atoms with Crippen LogP contribution >= 0.6 is 0 Å². The van der Waals surface area contributed by atoms with Crippen LogP contribution in [0.25, 0.3) is 0 Å². The van der Waals surface area contributed by atoms with Gasteiger partial charge in [-0.2, -0.15) is 0 Å². The molecule has 0 aromatic heterocycles. The van der Waals surface area contributed by atoms with Gasteiger partial charge < -0.3 is 10.6 Å². The number of nitrogens with zero attached hydrogens (tertiary/aromatic N) is 2. The summed E-state index contributed by atoms with van der Waals surface area (Å²) >= 11 is 0. The second kappa shape index (κ2) is 6.90. The van der Waals surface area contributed by atoms with Gasteiger partial charge in [0.05, 0.1) is 0 Å². The van der Waals surface area contributed by atoms with Crippen molar-refractivity contribution in [3.8, 4) is 0 Å². The number of likely N-dealkylation sites (tertiary alicyclic amines) is 2. The van der Waals surface area contributed by atoms with Crippen molar-refractivity contribution in [2.75, 3.05) is 26.2 Å². The fraction of sp³-hybridized carbons (Fsp3) is 0.938. The molecule has 2 saturated heterocycles. The number of hydrogen-bond donors (Lipinski definition) is 1. The summed E-state index contributed by atoms with van der Waals surface area (Å²) in [7, 11) is 0. The Morgan fingerprint density at radius 3 is 2.40 bits per heavy atom. The van der Waals surface area contributed by atoms with Crippen LogP contribution < -0.4 is 5.73 Å². The monoisotopic (exact) mass is 281 g/mol. The highest BCUT2D eigenvalue weighted by atomic mass is 16.2. The molecule has 20 heavy (non-hydrogen) atoms. The molecule has 2 heterocycles. The van der Waals surface area contributed by atoms with Crippen molar-refractivity contribution in [1.29, 1.82) is 0 Å². The molecule has 2 atom stereocenters. The highest BCUT2D eigenvalue weighted by Gasteiger charge is 2.36. The third kappa shape index (κ3) is 3.53. The Hall–Kier alpha value is -0.610. The Kier molecular flexibility index (Phi) is 5.44. The molecule has 116 valence electrons. The Bertz CT molecular complexity index is 324. The maximum Gasteiger partial charge on any atom is 0.222 e. The van der Waals surface area contributed by atoms with Crippen LogP contribution in [0.3, 0.4) is 0 Å². The van der Waals surface area contributed by atoms with Gasteiger partial charge in [0.1, 0.15) is 0 Å². The SMILES string of the molecule is CCCC(=O)N1CCC(N2C[C@H](C(C)C)[C@@H](N)C2)CC1. The first kappa shape index (κ1) is 15.8. The van der Waals surface area contributed by atoms with E-state index in [9.17, 15) is 4.79 Å². The first-order valence-corrected chi connectivity index (χ1v) is 8.30. The van der Waals surface area contributed by atoms with Crippen LogP contribution in [-0.4, -0.2) is 54.0 Å². The van der Waals surface area contributed by atoms with Crippen LogP contribution in [0.15, 0.2) is 0 Å². The zero-order chi connectivity index (χ0) is 14.7. The van der Waals surface area contributed by atoms with Gasteiger partial charge in [-0.15, -0.1) is 0 Å². The highest BCUT2D eigenvalue weighted by Crippen LogP contribution is 2.28. The minimum Gasteiger partial charge on any atom is -0.343 e. The maximum absolute atomic E-state index is 11.9. The van der Waals surface area contributed by atoms with Crippen molar-refractivity contribution in [3.63, 3.8) is 0 Å². The number of carbonyl (C=O) groups excluding carboxylic acids is 1. The summed E-state index contributed by atoms with van der Waals surface area (Å²) in [5.74, 6) is 1.64. The lowest BCUT2D eigenvalue weighted by atomic mass is 9.92. The largest absolute Gasteiger partial charge is 0.343 e. The lowest BCUT2D eigenvalue weighted by Gasteiger charge is -2.37. The van der Waals surface area contributed by atoms with E-state index in [1.807, 2.05) is 0 Å². The molecular weight excluding hydrogens is 250 g/mol. The van der Waals surface area contributed by atoms with E-state index in [1.54, 1.807) is 0 Å². The van der Waals surface area contributed by atoms with E-state index < -0.39 is 0 Å². The molecule has 0 saturated carbocycles. The van der Waals surface area contributed by atoms with Gasteiger partial charge >= 0.3 is 0 Å². The lowest BCUT2D eigenvalue weighted by molar-refractivity contribution is -0.132. The zero-order valence-corrected chi connectivity index (χ0v) is 13.3. The van der Waals surface area contributed by atoms with Crippen molar-refractivity contribution in [2.45, 2.75) is 58.5 Å². The smallest absolute Gasteiger partial charge is 0.222 e. The minimum atomic E-state index is 0.328. The van der Waals surface area contributed by atoms with Crippen molar-refractivity contribution in [3.05, 3.63) is 0 Å². The van der Waals surface area contributed by atoms with E-state index in [2.05, 4.69) is 30.6 Å². The summed E-state index contributed by atoms with van der Waals surface area (Å²) in [4.78, 5) is 16.5.